The number of nitrogens with zero attached hydrogens (tertiary/aromatic N) is 1. The van der Waals surface area contributed by atoms with Gasteiger partial charge in [0.05, 0.1) is 11.4 Å². The smallest absolute Gasteiger partial charge is 0.240 e. The fourth-order valence-corrected chi connectivity index (χ4v) is 3.37. The van der Waals surface area contributed by atoms with Crippen LogP contribution in [0.4, 0.5) is 5.69 Å². The molecule has 0 atom stereocenters. The molecule has 0 fully saturated rings. The third-order valence-corrected chi connectivity index (χ3v) is 5.62. The highest BCUT2D eigenvalue weighted by atomic mass is 127. The van der Waals surface area contributed by atoms with Gasteiger partial charge in [-0.25, -0.2) is 18.1 Å². The van der Waals surface area contributed by atoms with E-state index in [0.717, 1.165) is 24.1 Å². The summed E-state index contributed by atoms with van der Waals surface area (Å²) in [4.78, 5) is 4.60. The third kappa shape index (κ3) is 6.18. The monoisotopic (exact) mass is 502 g/mol. The number of hydrogen-bond acceptors (Lipinski definition) is 3. The van der Waals surface area contributed by atoms with E-state index in [0.29, 0.717) is 12.5 Å². The molecule has 0 aliphatic rings. The fourth-order valence-electron chi connectivity index (χ4n) is 2.64. The minimum Gasteiger partial charge on any atom is -0.370 e. The number of aliphatic imine (C=N–C) groups is 1. The number of nitrogens with one attached hydrogen (secondary N) is 2. The van der Waals surface area contributed by atoms with E-state index in [1.807, 2.05) is 0 Å². The van der Waals surface area contributed by atoms with Crippen molar-refractivity contribution >= 4 is 45.6 Å². The number of halogens is 1. The summed E-state index contributed by atoms with van der Waals surface area (Å²) in [6.07, 6.45) is 1.82. The van der Waals surface area contributed by atoms with E-state index in [1.54, 1.807) is 24.3 Å². The zero-order valence-electron chi connectivity index (χ0n) is 15.8. The number of nitrogens with two attached hydrogens (primary N) is 1. The van der Waals surface area contributed by atoms with Gasteiger partial charge < -0.3 is 11.1 Å². The van der Waals surface area contributed by atoms with E-state index < -0.39 is 10.0 Å². The summed E-state index contributed by atoms with van der Waals surface area (Å²) < 4.78 is 25.8. The second kappa shape index (κ2) is 10.6. The number of hydrogen-bond donors (Lipinski definition) is 3. The highest BCUT2D eigenvalue weighted by Crippen LogP contribution is 2.22. The first kappa shape index (κ1) is 23.4. The van der Waals surface area contributed by atoms with Crippen LogP contribution in [0.1, 0.15) is 30.5 Å². The highest BCUT2D eigenvalue weighted by Gasteiger charge is 2.10. The number of para-hydroxylation sites is 1. The first-order valence-electron chi connectivity index (χ1n) is 8.61. The van der Waals surface area contributed by atoms with E-state index in [1.165, 1.54) is 18.2 Å². The molecule has 148 valence electrons. The van der Waals surface area contributed by atoms with Crippen LogP contribution < -0.4 is 15.8 Å². The average molecular weight is 502 g/mol. The standard InChI is InChI=1S/C19H26N4O2S.HI/c1-4-15-7-6-8-16(5-2)18(15)23-19(20)22-13-14-9-11-17(12-10-14)26(24,25)21-3;/h6-12,21H,4-5,13H2,1-3H3,(H3,20,22,23);1H. The Labute approximate surface area is 178 Å². The molecule has 0 aromatic heterocycles. The molecule has 0 aliphatic heterocycles. The van der Waals surface area contributed by atoms with Crippen LogP contribution in [0.2, 0.25) is 0 Å². The number of anilines is 1. The zero-order valence-corrected chi connectivity index (χ0v) is 19.0. The number of rotatable bonds is 7. The number of benzene rings is 2. The first-order chi connectivity index (χ1) is 12.4. The normalized spacial score (nSPS) is 11.7. The summed E-state index contributed by atoms with van der Waals surface area (Å²) in [5, 5.41) is 3.22. The maximum atomic E-state index is 11.7. The van der Waals surface area contributed by atoms with Crippen LogP contribution >= 0.6 is 24.0 Å². The average Bonchev–Trinajstić information content (AvgIpc) is 2.66. The van der Waals surface area contributed by atoms with E-state index in [9.17, 15) is 8.42 Å². The van der Waals surface area contributed by atoms with Crippen molar-refractivity contribution in [1.29, 1.82) is 0 Å². The summed E-state index contributed by atoms with van der Waals surface area (Å²) in [6.45, 7) is 4.58. The molecule has 0 saturated heterocycles. The summed E-state index contributed by atoms with van der Waals surface area (Å²) in [5.74, 6) is 0.340. The summed E-state index contributed by atoms with van der Waals surface area (Å²) >= 11 is 0. The van der Waals surface area contributed by atoms with E-state index in [-0.39, 0.29) is 28.9 Å². The Bertz CT molecular complexity index is 859. The maximum Gasteiger partial charge on any atom is 0.240 e. The lowest BCUT2D eigenvalue weighted by Gasteiger charge is -2.14. The van der Waals surface area contributed by atoms with Gasteiger partial charge in [-0.15, -0.1) is 24.0 Å². The van der Waals surface area contributed by atoms with Crippen molar-refractivity contribution in [1.82, 2.24) is 4.72 Å². The molecule has 0 saturated carbocycles. The van der Waals surface area contributed by atoms with E-state index in [2.05, 4.69) is 47.1 Å². The molecular weight excluding hydrogens is 475 g/mol. The van der Waals surface area contributed by atoms with E-state index >= 15 is 0 Å². The molecule has 6 nitrogen and oxygen atoms in total. The van der Waals surface area contributed by atoms with Crippen LogP contribution in [-0.2, 0) is 29.4 Å². The predicted molar refractivity (Wildman–Crippen MR) is 122 cm³/mol. The van der Waals surface area contributed by atoms with Crippen molar-refractivity contribution in [3.05, 3.63) is 59.2 Å². The molecule has 0 heterocycles. The summed E-state index contributed by atoms with van der Waals surface area (Å²) in [5.41, 5.74) is 10.4. The summed E-state index contributed by atoms with van der Waals surface area (Å²) in [6, 6.07) is 12.8. The Kier molecular flexibility index (Phi) is 9.20. The van der Waals surface area contributed by atoms with Gasteiger partial charge in [-0.3, -0.25) is 0 Å². The molecule has 2 aromatic carbocycles. The number of sulfonamides is 1. The molecule has 4 N–H and O–H groups in total. The van der Waals surface area contributed by atoms with E-state index in [4.69, 9.17) is 5.73 Å². The lowest BCUT2D eigenvalue weighted by Crippen LogP contribution is -2.24. The Morgan fingerprint density at radius 2 is 1.59 bits per heavy atom. The molecule has 2 rings (SSSR count). The van der Waals surface area contributed by atoms with Gasteiger partial charge in [-0.1, -0.05) is 44.2 Å². The number of aryl methyl sites for hydroxylation is 2. The summed E-state index contributed by atoms with van der Waals surface area (Å²) in [7, 11) is -2.04. The molecule has 0 aliphatic carbocycles. The van der Waals surface area contributed by atoms with Gasteiger partial charge >= 0.3 is 0 Å². The molecule has 2 aromatic rings. The van der Waals surface area contributed by atoms with Crippen LogP contribution in [0, 0.1) is 0 Å². The molecule has 0 radical (unpaired) electrons. The van der Waals surface area contributed by atoms with Crippen molar-refractivity contribution in [2.75, 3.05) is 12.4 Å². The van der Waals surface area contributed by atoms with Gasteiger partial charge in [0.15, 0.2) is 5.96 Å². The van der Waals surface area contributed by atoms with Crippen LogP contribution in [-0.4, -0.2) is 21.4 Å². The lowest BCUT2D eigenvalue weighted by atomic mass is 10.0. The Balaban J connectivity index is 0.00000364. The molecular formula is C19H27IN4O2S. The van der Waals surface area contributed by atoms with Gasteiger partial charge in [0, 0.05) is 5.69 Å². The van der Waals surface area contributed by atoms with Gasteiger partial charge in [-0.2, -0.15) is 0 Å². The first-order valence-corrected chi connectivity index (χ1v) is 10.1. The fraction of sp³-hybridized carbons (Fsp3) is 0.316. The number of guanidine groups is 1. The predicted octanol–water partition coefficient (Wildman–Crippen LogP) is 3.26. The Hall–Kier alpha value is -1.65. The SMILES string of the molecule is CCc1cccc(CC)c1NC(N)=NCc1ccc(S(=O)(=O)NC)cc1.I. The van der Waals surface area contributed by atoms with Crippen molar-refractivity contribution in [3.63, 3.8) is 0 Å². The van der Waals surface area contributed by atoms with Crippen molar-refractivity contribution in [2.24, 2.45) is 10.7 Å². The third-order valence-electron chi connectivity index (χ3n) is 4.19. The van der Waals surface area contributed by atoms with Gasteiger partial charge in [0.2, 0.25) is 10.0 Å². The van der Waals surface area contributed by atoms with Crippen molar-refractivity contribution in [3.8, 4) is 0 Å². The van der Waals surface area contributed by atoms with Crippen LogP contribution in [0.25, 0.3) is 0 Å². The minimum atomic E-state index is -3.43. The lowest BCUT2D eigenvalue weighted by molar-refractivity contribution is 0.588. The molecule has 8 heteroatoms. The largest absolute Gasteiger partial charge is 0.370 e. The molecule has 27 heavy (non-hydrogen) atoms. The van der Waals surface area contributed by atoms with Crippen LogP contribution in [0.5, 0.6) is 0 Å². The second-order valence-corrected chi connectivity index (χ2v) is 7.72. The van der Waals surface area contributed by atoms with Crippen LogP contribution in [0.15, 0.2) is 52.4 Å². The van der Waals surface area contributed by atoms with Gasteiger partial charge in [0.1, 0.15) is 0 Å². The Morgan fingerprint density at radius 1 is 1.04 bits per heavy atom. The molecule has 0 unspecified atom stereocenters. The van der Waals surface area contributed by atoms with Crippen molar-refractivity contribution < 1.29 is 8.42 Å². The quantitative estimate of drug-likeness (QED) is 0.308. The van der Waals surface area contributed by atoms with Gasteiger partial charge in [-0.05, 0) is 48.7 Å². The second-order valence-electron chi connectivity index (χ2n) is 5.84. The minimum absolute atomic E-state index is 0. The molecule has 0 bridgehead atoms. The zero-order chi connectivity index (χ0) is 19.2. The van der Waals surface area contributed by atoms with Crippen LogP contribution in [0.3, 0.4) is 0 Å². The highest BCUT2D eigenvalue weighted by molar-refractivity contribution is 14.0. The van der Waals surface area contributed by atoms with Crippen molar-refractivity contribution in [2.45, 2.75) is 38.1 Å². The van der Waals surface area contributed by atoms with Gasteiger partial charge in [0.25, 0.3) is 0 Å². The Morgan fingerprint density at radius 3 is 2.07 bits per heavy atom. The topological polar surface area (TPSA) is 96.6 Å². The molecule has 0 amide bonds. The molecule has 0 spiro atoms. The maximum absolute atomic E-state index is 11.7.